The van der Waals surface area contributed by atoms with Gasteiger partial charge in [0.05, 0.1) is 36.7 Å². The number of fused-ring (bicyclic) bond motifs is 3. The van der Waals surface area contributed by atoms with Gasteiger partial charge in [0.2, 0.25) is 0 Å². The van der Waals surface area contributed by atoms with Crippen LogP contribution in [0.5, 0.6) is 11.5 Å². The van der Waals surface area contributed by atoms with E-state index in [1.165, 1.54) is 0 Å². The number of ether oxygens (including phenoxy) is 3. The van der Waals surface area contributed by atoms with Crippen molar-refractivity contribution in [1.29, 1.82) is 0 Å². The minimum atomic E-state index is -0.591. The summed E-state index contributed by atoms with van der Waals surface area (Å²) in [6.45, 7) is 8.13. The minimum Gasteiger partial charge on any atom is -0.493 e. The number of carbonyl (C=O) groups excluding carboxylic acids is 1. The normalized spacial score (nSPS) is 15.7. The fourth-order valence-corrected chi connectivity index (χ4v) is 3.52. The molecule has 0 bridgehead atoms. The Hall–Kier alpha value is -2.89. The summed E-state index contributed by atoms with van der Waals surface area (Å²) in [4.78, 5) is 12.9. The molecule has 0 radical (unpaired) electrons. The van der Waals surface area contributed by atoms with Crippen molar-refractivity contribution in [3.05, 3.63) is 41.1 Å². The zero-order valence-corrected chi connectivity index (χ0v) is 17.4. The van der Waals surface area contributed by atoms with Crippen LogP contribution in [0.25, 0.3) is 16.6 Å². The monoisotopic (exact) mass is 384 g/mol. The van der Waals surface area contributed by atoms with Crippen LogP contribution >= 0.6 is 0 Å². The first-order chi connectivity index (χ1) is 13.2. The van der Waals surface area contributed by atoms with Crippen molar-refractivity contribution in [3.63, 3.8) is 0 Å². The third kappa shape index (κ3) is 3.46. The molecule has 0 saturated carbocycles. The largest absolute Gasteiger partial charge is 0.493 e. The molecule has 0 spiro atoms. The summed E-state index contributed by atoms with van der Waals surface area (Å²) < 4.78 is 18.6. The molecule has 2 heterocycles. The summed E-state index contributed by atoms with van der Waals surface area (Å²) in [6.07, 6.45) is 2.82. The Morgan fingerprint density at radius 3 is 2.39 bits per heavy atom. The van der Waals surface area contributed by atoms with Crippen molar-refractivity contribution in [2.75, 3.05) is 14.2 Å². The molecule has 3 rings (SSSR count). The number of allylic oxidation sites excluding steroid dienone is 1. The molecule has 0 fully saturated rings. The highest BCUT2D eigenvalue weighted by molar-refractivity contribution is 6.04. The van der Waals surface area contributed by atoms with Crippen LogP contribution in [0.15, 0.2) is 35.4 Å². The van der Waals surface area contributed by atoms with Gasteiger partial charge in [0.15, 0.2) is 11.5 Å². The van der Waals surface area contributed by atoms with Crippen LogP contribution in [-0.4, -0.2) is 30.4 Å². The Kier molecular flexibility index (Phi) is 5.15. The molecule has 0 saturated heterocycles. The van der Waals surface area contributed by atoms with Crippen LogP contribution in [0.1, 0.15) is 39.8 Å². The number of methoxy groups -OCH3 is 2. The summed E-state index contributed by atoms with van der Waals surface area (Å²) in [7, 11) is 3.22. The van der Waals surface area contributed by atoms with Crippen molar-refractivity contribution in [2.24, 2.45) is 5.73 Å². The third-order valence-electron chi connectivity index (χ3n) is 4.66. The second-order valence-corrected chi connectivity index (χ2v) is 7.81. The van der Waals surface area contributed by atoms with E-state index in [2.05, 4.69) is 4.57 Å². The molecule has 0 aliphatic carbocycles. The van der Waals surface area contributed by atoms with Crippen molar-refractivity contribution >= 4 is 22.6 Å². The maximum atomic E-state index is 12.9. The number of carbonyl (C=O) groups is 1. The van der Waals surface area contributed by atoms with Crippen LogP contribution in [0, 0.1) is 0 Å². The predicted molar refractivity (Wildman–Crippen MR) is 110 cm³/mol. The van der Waals surface area contributed by atoms with Crippen molar-refractivity contribution in [2.45, 2.75) is 46.3 Å². The van der Waals surface area contributed by atoms with E-state index in [-0.39, 0.29) is 0 Å². The van der Waals surface area contributed by atoms with E-state index in [0.29, 0.717) is 29.3 Å². The van der Waals surface area contributed by atoms with Crippen LogP contribution in [0.3, 0.4) is 0 Å². The fourth-order valence-electron chi connectivity index (χ4n) is 3.52. The molecular formula is C22H28N2O4. The van der Waals surface area contributed by atoms with Crippen LogP contribution < -0.4 is 15.2 Å². The maximum absolute atomic E-state index is 12.9. The first-order valence-electron chi connectivity index (χ1n) is 9.38. The molecule has 0 unspecified atom stereocenters. The van der Waals surface area contributed by atoms with Gasteiger partial charge in [-0.15, -0.1) is 0 Å². The van der Waals surface area contributed by atoms with Crippen LogP contribution in [0.4, 0.5) is 0 Å². The number of nitrogens with zero attached hydrogens (tertiary/aromatic N) is 1. The van der Waals surface area contributed by atoms with E-state index < -0.39 is 11.6 Å². The molecule has 0 atom stereocenters. The Labute approximate surface area is 165 Å². The van der Waals surface area contributed by atoms with Crippen molar-refractivity contribution in [1.82, 2.24) is 4.57 Å². The van der Waals surface area contributed by atoms with Crippen LogP contribution in [-0.2, 0) is 16.1 Å². The molecule has 1 aromatic heterocycles. The van der Waals surface area contributed by atoms with E-state index in [0.717, 1.165) is 28.6 Å². The SMILES string of the molecule is CC/C=C1\Cn2c(cc3cc(OC)c(OC)cc32)C(N)=C1C(=O)OC(C)(C)C. The molecule has 1 aromatic carbocycles. The van der Waals surface area contributed by atoms with Gasteiger partial charge in [0.25, 0.3) is 0 Å². The molecule has 0 amide bonds. The van der Waals surface area contributed by atoms with E-state index >= 15 is 0 Å². The highest BCUT2D eigenvalue weighted by atomic mass is 16.6. The Balaban J connectivity index is 2.22. The van der Waals surface area contributed by atoms with Gasteiger partial charge < -0.3 is 24.5 Å². The van der Waals surface area contributed by atoms with Gasteiger partial charge in [-0.2, -0.15) is 0 Å². The summed E-state index contributed by atoms with van der Waals surface area (Å²) >= 11 is 0. The van der Waals surface area contributed by atoms with E-state index in [9.17, 15) is 4.79 Å². The Morgan fingerprint density at radius 1 is 1.18 bits per heavy atom. The second-order valence-electron chi connectivity index (χ2n) is 7.81. The standard InChI is InChI=1S/C22H28N2O4/c1-7-8-13-12-24-15-11-18(27-6)17(26-5)10-14(15)9-16(24)20(23)19(13)21(25)28-22(2,3)4/h8-11H,7,12,23H2,1-6H3/b13-8+. The van der Waals surface area contributed by atoms with Crippen molar-refractivity contribution < 1.29 is 19.0 Å². The lowest BCUT2D eigenvalue weighted by Crippen LogP contribution is -2.29. The van der Waals surface area contributed by atoms with Crippen LogP contribution in [0.2, 0.25) is 0 Å². The highest BCUT2D eigenvalue weighted by Gasteiger charge is 2.31. The summed E-state index contributed by atoms with van der Waals surface area (Å²) in [5, 5.41) is 0.969. The van der Waals surface area contributed by atoms with Gasteiger partial charge in [0, 0.05) is 18.0 Å². The topological polar surface area (TPSA) is 75.7 Å². The van der Waals surface area contributed by atoms with Gasteiger partial charge in [-0.25, -0.2) is 4.79 Å². The average Bonchev–Trinajstić information content (AvgIpc) is 2.97. The van der Waals surface area contributed by atoms with E-state index in [1.807, 2.05) is 52.0 Å². The number of nitrogens with two attached hydrogens (primary N) is 1. The summed E-state index contributed by atoms with van der Waals surface area (Å²) in [5.41, 5.74) is 9.41. The molecule has 150 valence electrons. The molecule has 28 heavy (non-hydrogen) atoms. The lowest BCUT2D eigenvalue weighted by molar-refractivity contribution is -0.149. The highest BCUT2D eigenvalue weighted by Crippen LogP contribution is 2.39. The lowest BCUT2D eigenvalue weighted by atomic mass is 9.97. The number of hydrogen-bond donors (Lipinski definition) is 1. The number of hydrogen-bond acceptors (Lipinski definition) is 5. The maximum Gasteiger partial charge on any atom is 0.341 e. The number of rotatable bonds is 4. The van der Waals surface area contributed by atoms with Gasteiger partial charge in [0.1, 0.15) is 5.60 Å². The molecule has 1 aliphatic rings. The summed E-state index contributed by atoms with van der Waals surface area (Å²) in [5.74, 6) is 0.908. The molecule has 2 N–H and O–H groups in total. The fraction of sp³-hybridized carbons (Fsp3) is 0.409. The van der Waals surface area contributed by atoms with Gasteiger partial charge in [-0.05, 0) is 44.9 Å². The number of benzene rings is 1. The molecule has 6 nitrogen and oxygen atoms in total. The average molecular weight is 384 g/mol. The zero-order chi connectivity index (χ0) is 20.6. The quantitative estimate of drug-likeness (QED) is 0.806. The molecule has 6 heteroatoms. The van der Waals surface area contributed by atoms with E-state index in [4.69, 9.17) is 19.9 Å². The predicted octanol–water partition coefficient (Wildman–Crippen LogP) is 4.02. The summed E-state index contributed by atoms with van der Waals surface area (Å²) in [6, 6.07) is 5.83. The Morgan fingerprint density at radius 2 is 1.82 bits per heavy atom. The second kappa shape index (κ2) is 7.26. The Bertz CT molecular complexity index is 990. The number of aromatic nitrogens is 1. The smallest absolute Gasteiger partial charge is 0.341 e. The van der Waals surface area contributed by atoms with Gasteiger partial charge in [-0.3, -0.25) is 0 Å². The zero-order valence-electron chi connectivity index (χ0n) is 17.4. The van der Waals surface area contributed by atoms with Gasteiger partial charge in [-0.1, -0.05) is 13.0 Å². The van der Waals surface area contributed by atoms with E-state index in [1.54, 1.807) is 14.2 Å². The number of esters is 1. The molecule has 2 aromatic rings. The lowest BCUT2D eigenvalue weighted by Gasteiger charge is -2.26. The molecule has 1 aliphatic heterocycles. The van der Waals surface area contributed by atoms with Gasteiger partial charge >= 0.3 is 5.97 Å². The minimum absolute atomic E-state index is 0.392. The van der Waals surface area contributed by atoms with Crippen molar-refractivity contribution in [3.8, 4) is 11.5 Å². The molecular weight excluding hydrogens is 356 g/mol. The first kappa shape index (κ1) is 19.9. The first-order valence-corrected chi connectivity index (χ1v) is 9.38. The third-order valence-corrected chi connectivity index (χ3v) is 4.66.